The maximum absolute atomic E-state index is 5.65. The molecule has 0 saturated carbocycles. The van der Waals surface area contributed by atoms with Crippen LogP contribution in [0.4, 0.5) is 10.3 Å². The number of nitrogens with zero attached hydrogens (tertiary/aromatic N) is 4. The van der Waals surface area contributed by atoms with Crippen LogP contribution in [0.25, 0.3) is 0 Å². The third-order valence-corrected chi connectivity index (χ3v) is 2.78. The SMILES string of the molecule is NC1=CNON1c1nnc(N2ONC=C2N)s1. The van der Waals surface area contributed by atoms with Crippen molar-refractivity contribution >= 4 is 21.6 Å². The van der Waals surface area contributed by atoms with E-state index in [2.05, 4.69) is 21.2 Å². The van der Waals surface area contributed by atoms with Gasteiger partial charge in [-0.05, 0) is 0 Å². The summed E-state index contributed by atoms with van der Waals surface area (Å²) in [6.07, 6.45) is 2.98. The van der Waals surface area contributed by atoms with Gasteiger partial charge in [0.15, 0.2) is 11.6 Å². The Balaban J connectivity index is 1.83. The minimum Gasteiger partial charge on any atom is -0.382 e. The Hall–Kier alpha value is -2.24. The fourth-order valence-corrected chi connectivity index (χ4v) is 1.95. The molecular formula is C6H8N8O2S. The normalized spacial score (nSPS) is 18.8. The number of hydrogen-bond donors (Lipinski definition) is 4. The molecule has 0 saturated heterocycles. The lowest BCUT2D eigenvalue weighted by atomic mass is 10.7. The number of nitrogens with two attached hydrogens (primary N) is 2. The van der Waals surface area contributed by atoms with Gasteiger partial charge in [-0.3, -0.25) is 0 Å². The third-order valence-electron chi connectivity index (χ3n) is 1.92. The zero-order valence-corrected chi connectivity index (χ0v) is 9.14. The maximum Gasteiger partial charge on any atom is 0.242 e. The van der Waals surface area contributed by atoms with E-state index in [0.29, 0.717) is 21.9 Å². The highest BCUT2D eigenvalue weighted by Crippen LogP contribution is 2.30. The quantitative estimate of drug-likeness (QED) is 0.499. The van der Waals surface area contributed by atoms with Crippen LogP contribution in [-0.4, -0.2) is 10.2 Å². The van der Waals surface area contributed by atoms with Gasteiger partial charge in [-0.25, -0.2) is 11.0 Å². The summed E-state index contributed by atoms with van der Waals surface area (Å²) in [4.78, 5) is 10.0. The van der Waals surface area contributed by atoms with E-state index in [9.17, 15) is 0 Å². The van der Waals surface area contributed by atoms with Gasteiger partial charge in [-0.1, -0.05) is 11.3 Å². The van der Waals surface area contributed by atoms with Gasteiger partial charge in [0, 0.05) is 0 Å². The van der Waals surface area contributed by atoms with Crippen molar-refractivity contribution in [2.45, 2.75) is 0 Å². The molecular weight excluding hydrogens is 248 g/mol. The number of aromatic nitrogens is 2. The van der Waals surface area contributed by atoms with E-state index in [1.807, 2.05) is 0 Å². The summed E-state index contributed by atoms with van der Waals surface area (Å²) in [5, 5.41) is 11.3. The first-order valence-electron chi connectivity index (χ1n) is 4.46. The topological polar surface area (TPSA) is 127 Å². The van der Waals surface area contributed by atoms with E-state index < -0.39 is 0 Å². The summed E-state index contributed by atoms with van der Waals surface area (Å²) in [6.45, 7) is 0. The number of nitrogens with one attached hydrogen (secondary N) is 2. The van der Waals surface area contributed by atoms with E-state index >= 15 is 0 Å². The lowest BCUT2D eigenvalue weighted by molar-refractivity contribution is 0.0844. The summed E-state index contributed by atoms with van der Waals surface area (Å²) in [5.74, 6) is 0.744. The number of hydroxylamine groups is 4. The van der Waals surface area contributed by atoms with Crippen molar-refractivity contribution in [3.63, 3.8) is 0 Å². The Labute approximate surface area is 98.9 Å². The van der Waals surface area contributed by atoms with Crippen LogP contribution in [0, 0.1) is 0 Å². The second-order valence-electron chi connectivity index (χ2n) is 3.01. The monoisotopic (exact) mass is 256 g/mol. The highest BCUT2D eigenvalue weighted by atomic mass is 32.1. The van der Waals surface area contributed by atoms with Gasteiger partial charge >= 0.3 is 0 Å². The first-order valence-corrected chi connectivity index (χ1v) is 5.27. The molecule has 1 aromatic heterocycles. The maximum atomic E-state index is 5.65. The van der Waals surface area contributed by atoms with Crippen molar-refractivity contribution < 1.29 is 9.88 Å². The molecule has 3 rings (SSSR count). The van der Waals surface area contributed by atoms with Gasteiger partial charge in [-0.15, -0.1) is 30.2 Å². The van der Waals surface area contributed by atoms with E-state index in [1.165, 1.54) is 33.9 Å². The Kier molecular flexibility index (Phi) is 2.14. The number of rotatable bonds is 2. The molecule has 0 unspecified atom stereocenters. The van der Waals surface area contributed by atoms with Crippen LogP contribution in [-0.2, 0) is 9.88 Å². The summed E-state index contributed by atoms with van der Waals surface area (Å²) in [5.41, 5.74) is 16.3. The first-order chi connectivity index (χ1) is 8.25. The molecule has 11 heteroatoms. The van der Waals surface area contributed by atoms with Crippen LogP contribution < -0.4 is 32.6 Å². The fourth-order valence-electron chi connectivity index (χ4n) is 1.17. The zero-order chi connectivity index (χ0) is 11.8. The highest BCUT2D eigenvalue weighted by molar-refractivity contribution is 7.19. The minimum atomic E-state index is 0.372. The summed E-state index contributed by atoms with van der Waals surface area (Å²) >= 11 is 1.19. The van der Waals surface area contributed by atoms with Gasteiger partial charge in [0.2, 0.25) is 10.3 Å². The molecule has 0 radical (unpaired) electrons. The van der Waals surface area contributed by atoms with E-state index in [4.69, 9.17) is 21.3 Å². The van der Waals surface area contributed by atoms with Crippen molar-refractivity contribution in [3.05, 3.63) is 24.0 Å². The van der Waals surface area contributed by atoms with Crippen LogP contribution in [0.15, 0.2) is 24.0 Å². The fraction of sp³-hybridized carbons (Fsp3) is 0. The molecule has 0 fully saturated rings. The van der Waals surface area contributed by atoms with Crippen LogP contribution in [0.1, 0.15) is 0 Å². The summed E-state index contributed by atoms with van der Waals surface area (Å²) in [6, 6.07) is 0. The molecule has 0 aromatic carbocycles. The lowest BCUT2D eigenvalue weighted by Crippen LogP contribution is -2.24. The van der Waals surface area contributed by atoms with E-state index in [-0.39, 0.29) is 0 Å². The lowest BCUT2D eigenvalue weighted by Gasteiger charge is -2.12. The van der Waals surface area contributed by atoms with Crippen molar-refractivity contribution in [2.75, 3.05) is 10.1 Å². The Morgan fingerprint density at radius 1 is 1.00 bits per heavy atom. The van der Waals surface area contributed by atoms with Crippen LogP contribution in [0.3, 0.4) is 0 Å². The molecule has 2 aliphatic heterocycles. The van der Waals surface area contributed by atoms with Gasteiger partial charge in [0.1, 0.15) is 0 Å². The summed E-state index contributed by atoms with van der Waals surface area (Å²) < 4.78 is 0. The van der Waals surface area contributed by atoms with Crippen LogP contribution in [0.2, 0.25) is 0 Å². The smallest absolute Gasteiger partial charge is 0.242 e. The molecule has 1 aromatic rings. The van der Waals surface area contributed by atoms with Gasteiger partial charge in [0.25, 0.3) is 0 Å². The molecule has 0 spiro atoms. The number of anilines is 2. The zero-order valence-electron chi connectivity index (χ0n) is 8.32. The molecule has 17 heavy (non-hydrogen) atoms. The second-order valence-corrected chi connectivity index (χ2v) is 3.95. The Morgan fingerprint density at radius 3 is 1.82 bits per heavy atom. The number of hydrogen-bond acceptors (Lipinski definition) is 11. The van der Waals surface area contributed by atoms with Gasteiger partial charge < -0.3 is 11.5 Å². The average Bonchev–Trinajstić information content (AvgIpc) is 2.97. The molecule has 90 valence electrons. The minimum absolute atomic E-state index is 0.372. The first kappa shape index (κ1) is 9.95. The standard InChI is InChI=1S/C6H8N8O2S/c7-3-1-9-15-13(3)5-11-12-6(17-5)14-4(8)2-10-16-14/h1-2,9-10H,7-8H2. The Bertz CT molecular complexity index is 455. The Morgan fingerprint density at radius 2 is 1.47 bits per heavy atom. The van der Waals surface area contributed by atoms with Crippen molar-refractivity contribution in [2.24, 2.45) is 11.5 Å². The average molecular weight is 256 g/mol. The van der Waals surface area contributed by atoms with E-state index in [1.54, 1.807) is 0 Å². The largest absolute Gasteiger partial charge is 0.382 e. The molecule has 6 N–H and O–H groups in total. The van der Waals surface area contributed by atoms with Gasteiger partial charge in [-0.2, -0.15) is 0 Å². The van der Waals surface area contributed by atoms with Gasteiger partial charge in [0.05, 0.1) is 12.4 Å². The summed E-state index contributed by atoms with van der Waals surface area (Å²) in [7, 11) is 0. The molecule has 0 amide bonds. The molecule has 3 heterocycles. The van der Waals surface area contributed by atoms with E-state index in [0.717, 1.165) is 0 Å². The molecule has 2 aliphatic rings. The van der Waals surface area contributed by atoms with Crippen molar-refractivity contribution in [3.8, 4) is 0 Å². The van der Waals surface area contributed by atoms with Crippen molar-refractivity contribution in [1.82, 2.24) is 21.2 Å². The predicted octanol–water partition coefficient (Wildman–Crippen LogP) is -1.43. The molecule has 0 aliphatic carbocycles. The van der Waals surface area contributed by atoms with Crippen LogP contribution in [0.5, 0.6) is 0 Å². The second kappa shape index (κ2) is 3.65. The van der Waals surface area contributed by atoms with Crippen molar-refractivity contribution in [1.29, 1.82) is 0 Å². The van der Waals surface area contributed by atoms with Crippen LogP contribution >= 0.6 is 11.3 Å². The molecule has 0 atom stereocenters. The molecule has 0 bridgehead atoms. The highest BCUT2D eigenvalue weighted by Gasteiger charge is 2.25. The molecule has 10 nitrogen and oxygen atoms in total. The third kappa shape index (κ3) is 1.57. The predicted molar refractivity (Wildman–Crippen MR) is 57.8 cm³/mol.